The maximum absolute atomic E-state index is 13.6. The van der Waals surface area contributed by atoms with Crippen molar-refractivity contribution in [1.29, 1.82) is 0 Å². The maximum Gasteiger partial charge on any atom is 0.422 e. The highest BCUT2D eigenvalue weighted by atomic mass is 35.5. The SMILES string of the molecule is O=C(NC(=O)c1c(F)cccc1Cl)Nc1cc(F)c(C(F)(F)F)c(F)c1. The van der Waals surface area contributed by atoms with Crippen LogP contribution in [0.15, 0.2) is 30.3 Å². The average Bonchev–Trinajstić information content (AvgIpc) is 2.44. The summed E-state index contributed by atoms with van der Waals surface area (Å²) in [5.41, 5.74) is -3.48. The van der Waals surface area contributed by atoms with Crippen LogP contribution < -0.4 is 10.6 Å². The summed E-state index contributed by atoms with van der Waals surface area (Å²) in [7, 11) is 0. The highest BCUT2D eigenvalue weighted by molar-refractivity contribution is 6.34. The third kappa shape index (κ3) is 4.26. The van der Waals surface area contributed by atoms with Crippen molar-refractivity contribution in [1.82, 2.24) is 5.32 Å². The van der Waals surface area contributed by atoms with Crippen LogP contribution in [0.3, 0.4) is 0 Å². The molecule has 0 aromatic heterocycles. The van der Waals surface area contributed by atoms with Gasteiger partial charge in [0.15, 0.2) is 0 Å². The van der Waals surface area contributed by atoms with Gasteiger partial charge in [0.2, 0.25) is 0 Å². The van der Waals surface area contributed by atoms with E-state index in [9.17, 15) is 35.9 Å². The molecule has 0 atom stereocenters. The Morgan fingerprint density at radius 1 is 0.962 bits per heavy atom. The molecule has 0 spiro atoms. The molecule has 0 radical (unpaired) electrons. The summed E-state index contributed by atoms with van der Waals surface area (Å²) in [4.78, 5) is 23.5. The van der Waals surface area contributed by atoms with Crippen molar-refractivity contribution in [2.75, 3.05) is 5.32 Å². The summed E-state index contributed by atoms with van der Waals surface area (Å²) in [6.07, 6.45) is -5.27. The molecule has 2 aromatic rings. The zero-order chi connectivity index (χ0) is 19.6. The van der Waals surface area contributed by atoms with E-state index in [4.69, 9.17) is 11.6 Å². The highest BCUT2D eigenvalue weighted by Crippen LogP contribution is 2.34. The molecule has 0 saturated heterocycles. The second kappa shape index (κ2) is 7.24. The van der Waals surface area contributed by atoms with Gasteiger partial charge < -0.3 is 5.32 Å². The lowest BCUT2D eigenvalue weighted by atomic mass is 10.1. The molecule has 0 aliphatic carbocycles. The first-order valence-corrected chi connectivity index (χ1v) is 7.01. The first-order chi connectivity index (χ1) is 12.0. The van der Waals surface area contributed by atoms with Gasteiger partial charge in [-0.2, -0.15) is 13.2 Å². The molecule has 11 heteroatoms. The lowest BCUT2D eigenvalue weighted by Crippen LogP contribution is -2.35. The molecule has 0 bridgehead atoms. The van der Waals surface area contributed by atoms with Crippen LogP contribution in [0.5, 0.6) is 0 Å². The number of imide groups is 1. The summed E-state index contributed by atoms with van der Waals surface area (Å²) in [6.45, 7) is 0. The Morgan fingerprint density at radius 2 is 1.54 bits per heavy atom. The summed E-state index contributed by atoms with van der Waals surface area (Å²) >= 11 is 5.63. The number of hydrogen-bond donors (Lipinski definition) is 2. The number of carbonyl (C=O) groups excluding carboxylic acids is 2. The molecule has 138 valence electrons. The normalized spacial score (nSPS) is 11.2. The van der Waals surface area contributed by atoms with Gasteiger partial charge in [-0.25, -0.2) is 18.0 Å². The molecular weight excluding hydrogens is 390 g/mol. The van der Waals surface area contributed by atoms with Crippen molar-refractivity contribution in [3.63, 3.8) is 0 Å². The lowest BCUT2D eigenvalue weighted by molar-refractivity contribution is -0.142. The first kappa shape index (κ1) is 19.6. The second-order valence-corrected chi connectivity index (χ2v) is 5.22. The van der Waals surface area contributed by atoms with E-state index in [1.807, 2.05) is 0 Å². The van der Waals surface area contributed by atoms with Crippen molar-refractivity contribution in [2.45, 2.75) is 6.18 Å². The predicted octanol–water partition coefficient (Wildman–Crippen LogP) is 4.74. The summed E-state index contributed by atoms with van der Waals surface area (Å²) < 4.78 is 77.8. The van der Waals surface area contributed by atoms with Crippen LogP contribution in [0.2, 0.25) is 5.02 Å². The molecule has 0 saturated carbocycles. The fourth-order valence-corrected chi connectivity index (χ4v) is 2.21. The van der Waals surface area contributed by atoms with Crippen molar-refractivity contribution in [2.24, 2.45) is 0 Å². The Hall–Kier alpha value is -2.75. The Kier molecular flexibility index (Phi) is 5.45. The molecule has 0 heterocycles. The van der Waals surface area contributed by atoms with E-state index in [2.05, 4.69) is 0 Å². The topological polar surface area (TPSA) is 58.2 Å². The van der Waals surface area contributed by atoms with E-state index in [0.717, 1.165) is 6.07 Å². The summed E-state index contributed by atoms with van der Waals surface area (Å²) in [5.74, 6) is -6.22. The molecule has 26 heavy (non-hydrogen) atoms. The van der Waals surface area contributed by atoms with Crippen LogP contribution in [0, 0.1) is 17.5 Å². The average molecular weight is 397 g/mol. The number of halogens is 7. The van der Waals surface area contributed by atoms with Gasteiger partial charge in [-0.3, -0.25) is 10.1 Å². The second-order valence-electron chi connectivity index (χ2n) is 4.82. The van der Waals surface area contributed by atoms with Crippen LogP contribution >= 0.6 is 11.6 Å². The third-order valence-electron chi connectivity index (χ3n) is 3.00. The zero-order valence-electron chi connectivity index (χ0n) is 12.3. The van der Waals surface area contributed by atoms with E-state index in [1.54, 1.807) is 10.6 Å². The number of carbonyl (C=O) groups is 2. The van der Waals surface area contributed by atoms with E-state index < -0.39 is 52.4 Å². The molecule has 0 aliphatic rings. The number of hydrogen-bond acceptors (Lipinski definition) is 2. The van der Waals surface area contributed by atoms with Gasteiger partial charge in [0.05, 0.1) is 10.6 Å². The van der Waals surface area contributed by atoms with Gasteiger partial charge >= 0.3 is 12.2 Å². The number of rotatable bonds is 2. The largest absolute Gasteiger partial charge is 0.422 e. The third-order valence-corrected chi connectivity index (χ3v) is 3.32. The minimum absolute atomic E-state index is 0.214. The monoisotopic (exact) mass is 396 g/mol. The Balaban J connectivity index is 2.17. The van der Waals surface area contributed by atoms with E-state index in [0.29, 0.717) is 0 Å². The fraction of sp³-hybridized carbons (Fsp3) is 0.0667. The van der Waals surface area contributed by atoms with Crippen LogP contribution in [0.1, 0.15) is 15.9 Å². The van der Waals surface area contributed by atoms with Gasteiger partial charge in [0, 0.05) is 5.69 Å². The van der Waals surface area contributed by atoms with Crippen molar-refractivity contribution >= 4 is 29.2 Å². The molecule has 4 nitrogen and oxygen atoms in total. The molecule has 2 aromatic carbocycles. The minimum atomic E-state index is -5.27. The van der Waals surface area contributed by atoms with Gasteiger partial charge in [0.25, 0.3) is 5.91 Å². The number of benzene rings is 2. The Morgan fingerprint density at radius 3 is 2.04 bits per heavy atom. The number of nitrogens with one attached hydrogen (secondary N) is 2. The van der Waals surface area contributed by atoms with Crippen molar-refractivity contribution in [3.8, 4) is 0 Å². The first-order valence-electron chi connectivity index (χ1n) is 6.63. The summed E-state index contributed by atoms with van der Waals surface area (Å²) in [5, 5.41) is 3.08. The number of alkyl halides is 3. The molecule has 2 rings (SSSR count). The van der Waals surface area contributed by atoms with Gasteiger partial charge in [-0.1, -0.05) is 17.7 Å². The summed E-state index contributed by atoms with van der Waals surface area (Å²) in [6, 6.07) is 2.35. The predicted molar refractivity (Wildman–Crippen MR) is 79.3 cm³/mol. The van der Waals surface area contributed by atoms with Gasteiger partial charge in [-0.05, 0) is 24.3 Å². The van der Waals surface area contributed by atoms with Crippen molar-refractivity contribution < 1.29 is 35.9 Å². The van der Waals surface area contributed by atoms with Crippen LogP contribution in [-0.4, -0.2) is 11.9 Å². The zero-order valence-corrected chi connectivity index (χ0v) is 13.1. The van der Waals surface area contributed by atoms with Crippen LogP contribution in [-0.2, 0) is 6.18 Å². The number of amides is 3. The van der Waals surface area contributed by atoms with E-state index in [1.165, 1.54) is 12.1 Å². The molecular formula is C15H7ClF6N2O2. The lowest BCUT2D eigenvalue weighted by Gasteiger charge is -2.12. The van der Waals surface area contributed by atoms with Crippen LogP contribution in [0.4, 0.5) is 36.8 Å². The molecule has 0 unspecified atom stereocenters. The maximum atomic E-state index is 13.6. The van der Waals surface area contributed by atoms with E-state index >= 15 is 0 Å². The molecule has 3 amide bonds. The Bertz CT molecular complexity index is 842. The van der Waals surface area contributed by atoms with Gasteiger partial charge in [0.1, 0.15) is 23.0 Å². The molecule has 2 N–H and O–H groups in total. The number of urea groups is 1. The standard InChI is InChI=1S/C15H7ClF6N2O2/c16-7-2-1-3-8(17)11(7)13(25)24-14(26)23-6-4-9(18)12(10(19)5-6)15(20,21)22/h1-5H,(H2,23,24,25,26). The van der Waals surface area contributed by atoms with Crippen LogP contribution in [0.25, 0.3) is 0 Å². The highest BCUT2D eigenvalue weighted by Gasteiger charge is 2.38. The number of anilines is 1. The van der Waals surface area contributed by atoms with Crippen molar-refractivity contribution in [3.05, 3.63) is 63.9 Å². The molecule has 0 aliphatic heterocycles. The quantitative estimate of drug-likeness (QED) is 0.720. The van der Waals surface area contributed by atoms with E-state index in [-0.39, 0.29) is 17.2 Å². The fourth-order valence-electron chi connectivity index (χ4n) is 1.96. The Labute approximate surface area is 146 Å². The smallest absolute Gasteiger partial charge is 0.307 e. The van der Waals surface area contributed by atoms with Gasteiger partial charge in [-0.15, -0.1) is 0 Å². The minimum Gasteiger partial charge on any atom is -0.307 e. The molecule has 0 fully saturated rings.